The van der Waals surface area contributed by atoms with Crippen LogP contribution in [0.5, 0.6) is 5.75 Å². The Labute approximate surface area is 153 Å². The number of nitrogens with one attached hydrogen (secondary N) is 2. The standard InChI is InChI=1S/C12H8BrF3N6O3S/c1-6-2-10(25-26(23,24)12(14,15)16)9(3-8(6)13)18-5-7(4-17)11-19-21-22-20-11/h2-3,5,18H,1H3,(H,19,20,21,22). The number of nitrogens with zero attached hydrogens (tertiary/aromatic N) is 4. The normalized spacial score (nSPS) is 12.5. The van der Waals surface area contributed by atoms with E-state index < -0.39 is 21.4 Å². The van der Waals surface area contributed by atoms with E-state index in [1.165, 1.54) is 13.0 Å². The minimum atomic E-state index is -5.87. The molecule has 2 N–H and O–H groups in total. The van der Waals surface area contributed by atoms with Crippen molar-refractivity contribution in [2.24, 2.45) is 0 Å². The number of halogens is 4. The van der Waals surface area contributed by atoms with Crippen LogP contribution in [0.1, 0.15) is 11.4 Å². The number of aryl methyl sites for hydroxylation is 1. The first-order valence-electron chi connectivity index (χ1n) is 6.46. The molecule has 1 aromatic heterocycles. The summed E-state index contributed by atoms with van der Waals surface area (Å²) < 4.78 is 64.9. The Morgan fingerprint density at radius 2 is 2.15 bits per heavy atom. The van der Waals surface area contributed by atoms with Gasteiger partial charge < -0.3 is 9.50 Å². The van der Waals surface area contributed by atoms with Crippen molar-refractivity contribution < 1.29 is 25.8 Å². The fourth-order valence-corrected chi connectivity index (χ4v) is 2.39. The predicted octanol–water partition coefficient (Wildman–Crippen LogP) is 2.48. The van der Waals surface area contributed by atoms with Gasteiger partial charge in [-0.3, -0.25) is 0 Å². The van der Waals surface area contributed by atoms with Gasteiger partial charge in [0, 0.05) is 10.7 Å². The molecule has 2 aromatic rings. The molecule has 0 fully saturated rings. The number of hydrogen-bond donors (Lipinski definition) is 2. The molecular formula is C12H8BrF3N6O3S. The third-order valence-corrected chi connectivity index (χ3v) is 4.64. The molecule has 9 nitrogen and oxygen atoms in total. The molecule has 0 aliphatic carbocycles. The second kappa shape index (κ2) is 7.30. The van der Waals surface area contributed by atoms with Gasteiger partial charge in [-0.25, -0.2) is 0 Å². The number of alkyl halides is 3. The molecular weight excluding hydrogens is 445 g/mol. The minimum absolute atomic E-state index is 0.0726. The lowest BCUT2D eigenvalue weighted by molar-refractivity contribution is -0.0499. The van der Waals surface area contributed by atoms with Crippen LogP contribution in [-0.2, 0) is 10.1 Å². The Morgan fingerprint density at radius 3 is 2.69 bits per heavy atom. The SMILES string of the molecule is Cc1cc(OS(=O)(=O)C(F)(F)F)c(NC=C(C#N)c2nn[nH]n2)cc1Br. The molecule has 2 rings (SSSR count). The highest BCUT2D eigenvalue weighted by Gasteiger charge is 2.48. The van der Waals surface area contributed by atoms with Crippen LogP contribution in [0.2, 0.25) is 0 Å². The molecule has 1 aromatic carbocycles. The molecule has 0 saturated heterocycles. The molecule has 0 atom stereocenters. The zero-order valence-electron chi connectivity index (χ0n) is 12.7. The van der Waals surface area contributed by atoms with Crippen molar-refractivity contribution in [1.82, 2.24) is 20.6 Å². The highest BCUT2D eigenvalue weighted by atomic mass is 79.9. The zero-order valence-corrected chi connectivity index (χ0v) is 15.1. The van der Waals surface area contributed by atoms with E-state index >= 15 is 0 Å². The number of rotatable bonds is 5. The van der Waals surface area contributed by atoms with Crippen molar-refractivity contribution in [2.45, 2.75) is 12.4 Å². The van der Waals surface area contributed by atoms with E-state index in [0.717, 1.165) is 12.3 Å². The van der Waals surface area contributed by atoms with E-state index in [2.05, 4.69) is 46.1 Å². The van der Waals surface area contributed by atoms with Gasteiger partial charge in [-0.05, 0) is 29.8 Å². The number of tetrazole rings is 1. The van der Waals surface area contributed by atoms with Crippen LogP contribution in [0, 0.1) is 18.3 Å². The van der Waals surface area contributed by atoms with E-state index in [1.54, 1.807) is 6.07 Å². The van der Waals surface area contributed by atoms with E-state index in [9.17, 15) is 21.6 Å². The molecule has 0 saturated carbocycles. The van der Waals surface area contributed by atoms with Crippen molar-refractivity contribution in [3.8, 4) is 11.8 Å². The summed E-state index contributed by atoms with van der Waals surface area (Å²) >= 11 is 3.17. The van der Waals surface area contributed by atoms with Gasteiger partial charge in [0.15, 0.2) is 5.75 Å². The number of benzene rings is 1. The number of H-pyrrole nitrogens is 1. The first-order chi connectivity index (χ1) is 12.0. The summed E-state index contributed by atoms with van der Waals surface area (Å²) in [7, 11) is -5.87. The van der Waals surface area contributed by atoms with Crippen molar-refractivity contribution in [1.29, 1.82) is 5.26 Å². The lowest BCUT2D eigenvalue weighted by Gasteiger charge is -2.14. The number of aromatic amines is 1. The van der Waals surface area contributed by atoms with Crippen molar-refractivity contribution in [3.05, 3.63) is 34.2 Å². The summed E-state index contributed by atoms with van der Waals surface area (Å²) in [6, 6.07) is 4.13. The van der Waals surface area contributed by atoms with E-state index in [-0.39, 0.29) is 17.1 Å². The van der Waals surface area contributed by atoms with Crippen LogP contribution >= 0.6 is 15.9 Å². The zero-order chi connectivity index (χ0) is 19.5. The molecule has 26 heavy (non-hydrogen) atoms. The average molecular weight is 453 g/mol. The Balaban J connectivity index is 2.43. The quantitative estimate of drug-likeness (QED) is 0.401. The van der Waals surface area contributed by atoms with Crippen molar-refractivity contribution in [2.75, 3.05) is 5.32 Å². The highest BCUT2D eigenvalue weighted by Crippen LogP contribution is 2.35. The molecule has 138 valence electrons. The maximum atomic E-state index is 12.6. The Kier molecular flexibility index (Phi) is 5.52. The smallest absolute Gasteiger partial charge is 0.374 e. The van der Waals surface area contributed by atoms with Crippen LogP contribution in [-0.4, -0.2) is 34.6 Å². The maximum Gasteiger partial charge on any atom is 0.534 e. The molecule has 0 spiro atoms. The number of aromatic nitrogens is 4. The van der Waals surface area contributed by atoms with Gasteiger partial charge in [0.25, 0.3) is 0 Å². The maximum absolute atomic E-state index is 12.6. The summed E-state index contributed by atoms with van der Waals surface area (Å²) in [5.74, 6) is -0.679. The minimum Gasteiger partial charge on any atom is -0.374 e. The molecule has 1 heterocycles. The second-order valence-electron chi connectivity index (χ2n) is 4.63. The molecule has 0 aliphatic heterocycles. The van der Waals surface area contributed by atoms with Gasteiger partial charge in [0.1, 0.15) is 11.6 Å². The number of nitriles is 1. The van der Waals surface area contributed by atoms with E-state index in [4.69, 9.17) is 5.26 Å². The summed E-state index contributed by atoms with van der Waals surface area (Å²) in [4.78, 5) is 0. The van der Waals surface area contributed by atoms with Gasteiger partial charge in [0.05, 0.1) is 5.69 Å². The van der Waals surface area contributed by atoms with Crippen LogP contribution in [0.3, 0.4) is 0 Å². The third-order valence-electron chi connectivity index (χ3n) is 2.82. The lowest BCUT2D eigenvalue weighted by atomic mass is 10.2. The Morgan fingerprint density at radius 1 is 1.46 bits per heavy atom. The molecule has 0 radical (unpaired) electrons. The summed E-state index contributed by atoms with van der Waals surface area (Å²) in [6.07, 6.45) is 1.06. The van der Waals surface area contributed by atoms with Crippen LogP contribution in [0.25, 0.3) is 5.57 Å². The monoisotopic (exact) mass is 452 g/mol. The number of hydrogen-bond acceptors (Lipinski definition) is 8. The van der Waals surface area contributed by atoms with Gasteiger partial charge in [-0.1, -0.05) is 15.9 Å². The van der Waals surface area contributed by atoms with Gasteiger partial charge in [0.2, 0.25) is 5.82 Å². The fraction of sp³-hybridized carbons (Fsp3) is 0.167. The van der Waals surface area contributed by atoms with E-state index in [1.807, 2.05) is 0 Å². The average Bonchev–Trinajstić information content (AvgIpc) is 3.05. The second-order valence-corrected chi connectivity index (χ2v) is 7.02. The fourth-order valence-electron chi connectivity index (χ4n) is 1.57. The number of anilines is 1. The van der Waals surface area contributed by atoms with Crippen LogP contribution in [0.15, 0.2) is 22.8 Å². The van der Waals surface area contributed by atoms with Gasteiger partial charge >= 0.3 is 15.6 Å². The first kappa shape index (κ1) is 19.7. The summed E-state index contributed by atoms with van der Waals surface area (Å²) in [5.41, 5.74) is -5.43. The molecule has 14 heteroatoms. The predicted molar refractivity (Wildman–Crippen MR) is 85.9 cm³/mol. The molecule has 0 amide bonds. The summed E-state index contributed by atoms with van der Waals surface area (Å²) in [5, 5.41) is 24.1. The van der Waals surface area contributed by atoms with Crippen molar-refractivity contribution >= 4 is 37.3 Å². The van der Waals surface area contributed by atoms with Crippen LogP contribution < -0.4 is 9.50 Å². The highest BCUT2D eigenvalue weighted by molar-refractivity contribution is 9.10. The molecule has 0 bridgehead atoms. The number of allylic oxidation sites excluding steroid dienone is 1. The first-order valence-corrected chi connectivity index (χ1v) is 8.67. The largest absolute Gasteiger partial charge is 0.534 e. The topological polar surface area (TPSA) is 134 Å². The Hall–Kier alpha value is -2.66. The van der Waals surface area contributed by atoms with Crippen molar-refractivity contribution in [3.63, 3.8) is 0 Å². The third kappa shape index (κ3) is 4.29. The van der Waals surface area contributed by atoms with Crippen LogP contribution in [0.4, 0.5) is 18.9 Å². The van der Waals surface area contributed by atoms with Gasteiger partial charge in [-0.15, -0.1) is 10.2 Å². The lowest BCUT2D eigenvalue weighted by Crippen LogP contribution is -2.28. The Bertz CT molecular complexity index is 983. The molecule has 0 aliphatic rings. The molecule has 0 unspecified atom stereocenters. The summed E-state index contributed by atoms with van der Waals surface area (Å²) in [6.45, 7) is 1.52. The van der Waals surface area contributed by atoms with E-state index in [0.29, 0.717) is 10.0 Å². The van der Waals surface area contributed by atoms with Gasteiger partial charge in [-0.2, -0.15) is 32.1 Å².